The number of esters is 2. The van der Waals surface area contributed by atoms with Gasteiger partial charge in [0.2, 0.25) is 10.0 Å². The summed E-state index contributed by atoms with van der Waals surface area (Å²) in [5.74, 6) is -1.59. The maximum atomic E-state index is 13.8. The number of ether oxygens (including phenoxy) is 2. The van der Waals surface area contributed by atoms with Crippen molar-refractivity contribution in [2.24, 2.45) is 0 Å². The van der Waals surface area contributed by atoms with Gasteiger partial charge in [-0.3, -0.25) is 4.98 Å². The highest BCUT2D eigenvalue weighted by Crippen LogP contribution is 2.39. The molecule has 0 unspecified atom stereocenters. The number of aryl methyl sites for hydroxylation is 1. The fourth-order valence-corrected chi connectivity index (χ4v) is 5.37. The van der Waals surface area contributed by atoms with Crippen molar-refractivity contribution in [1.82, 2.24) is 9.29 Å². The molecular weight excluding hydrogens is 432 g/mol. The van der Waals surface area contributed by atoms with E-state index in [-0.39, 0.29) is 30.1 Å². The summed E-state index contributed by atoms with van der Waals surface area (Å²) in [4.78, 5) is 29.8. The van der Waals surface area contributed by atoms with Crippen LogP contribution in [0.5, 0.6) is 0 Å². The molecule has 3 rings (SSSR count). The molecule has 0 N–H and O–H groups in total. The van der Waals surface area contributed by atoms with E-state index in [1.807, 2.05) is 6.92 Å². The normalized spacial score (nSPS) is 19.2. The predicted molar refractivity (Wildman–Crippen MR) is 117 cm³/mol. The minimum absolute atomic E-state index is 0.0106. The Kier molecular flexibility index (Phi) is 7.42. The Morgan fingerprint density at radius 1 is 1.09 bits per heavy atom. The Morgan fingerprint density at radius 2 is 1.78 bits per heavy atom. The molecule has 1 aromatic heterocycles. The van der Waals surface area contributed by atoms with E-state index in [9.17, 15) is 18.0 Å². The summed E-state index contributed by atoms with van der Waals surface area (Å²) in [6.45, 7) is 5.22. The van der Waals surface area contributed by atoms with Crippen LogP contribution in [0, 0.1) is 6.92 Å². The summed E-state index contributed by atoms with van der Waals surface area (Å²) in [5, 5.41) is 0. The number of aromatic nitrogens is 1. The summed E-state index contributed by atoms with van der Waals surface area (Å²) in [5.41, 5.74) is 1.43. The molecule has 2 aromatic rings. The summed E-state index contributed by atoms with van der Waals surface area (Å²) < 4.78 is 39.1. The molecule has 0 fully saturated rings. The van der Waals surface area contributed by atoms with E-state index >= 15 is 0 Å². The van der Waals surface area contributed by atoms with Crippen LogP contribution in [-0.2, 0) is 29.1 Å². The monoisotopic (exact) mass is 458 g/mol. The number of hydrogen-bond donors (Lipinski definition) is 0. The number of hydrogen-bond acceptors (Lipinski definition) is 7. The average Bonchev–Trinajstić information content (AvgIpc) is 2.79. The van der Waals surface area contributed by atoms with Gasteiger partial charge in [-0.15, -0.1) is 0 Å². The van der Waals surface area contributed by atoms with Gasteiger partial charge in [-0.1, -0.05) is 29.8 Å². The van der Waals surface area contributed by atoms with Crippen molar-refractivity contribution in [3.63, 3.8) is 0 Å². The Balaban J connectivity index is 2.22. The molecule has 0 amide bonds. The van der Waals surface area contributed by atoms with Crippen molar-refractivity contribution in [2.45, 2.75) is 44.2 Å². The van der Waals surface area contributed by atoms with Crippen LogP contribution < -0.4 is 0 Å². The number of pyridine rings is 1. The van der Waals surface area contributed by atoms with Crippen molar-refractivity contribution in [2.75, 3.05) is 13.2 Å². The third kappa shape index (κ3) is 4.73. The molecule has 1 aliphatic rings. The predicted octanol–water partition coefficient (Wildman–Crippen LogP) is 2.95. The smallest absolute Gasteiger partial charge is 0.335 e. The molecule has 1 aliphatic heterocycles. The lowest BCUT2D eigenvalue weighted by Gasteiger charge is -2.39. The highest BCUT2D eigenvalue weighted by molar-refractivity contribution is 7.89. The summed E-state index contributed by atoms with van der Waals surface area (Å²) in [6.07, 6.45) is 4.85. The Morgan fingerprint density at radius 3 is 2.38 bits per heavy atom. The molecule has 0 saturated carbocycles. The van der Waals surface area contributed by atoms with Gasteiger partial charge in [0, 0.05) is 12.4 Å². The standard InChI is InChI=1S/C23H26N2O6S/c1-4-30-22(26)19-12-13-20(17-7-6-14-24-15-17)25(21(19)23(27)31-5-2)32(28,29)18-10-8-16(3)9-11-18/h6-12,14-15,20-21H,4-5,13H2,1-3H3/t20-,21+/m0/s1. The van der Waals surface area contributed by atoms with Crippen LogP contribution in [0.3, 0.4) is 0 Å². The van der Waals surface area contributed by atoms with E-state index in [2.05, 4.69) is 4.98 Å². The van der Waals surface area contributed by atoms with E-state index in [0.29, 0.717) is 5.56 Å². The van der Waals surface area contributed by atoms with Gasteiger partial charge in [0.15, 0.2) is 6.04 Å². The SMILES string of the molecule is CCOC(=O)C1=CC[C@@H](c2cccnc2)N(S(=O)(=O)c2ccc(C)cc2)[C@H]1C(=O)OCC. The molecule has 0 bridgehead atoms. The molecular formula is C23H26N2O6S. The molecule has 0 radical (unpaired) electrons. The molecule has 0 saturated heterocycles. The van der Waals surface area contributed by atoms with Crippen molar-refractivity contribution in [3.05, 3.63) is 71.6 Å². The zero-order valence-electron chi connectivity index (χ0n) is 18.2. The third-order valence-electron chi connectivity index (χ3n) is 5.10. The van der Waals surface area contributed by atoms with E-state index in [1.54, 1.807) is 56.6 Å². The van der Waals surface area contributed by atoms with Gasteiger partial charge in [-0.2, -0.15) is 4.31 Å². The number of benzene rings is 1. The first kappa shape index (κ1) is 23.6. The maximum absolute atomic E-state index is 13.8. The second kappa shape index (κ2) is 10.1. The van der Waals surface area contributed by atoms with Crippen LogP contribution in [0.4, 0.5) is 0 Å². The van der Waals surface area contributed by atoms with Crippen molar-refractivity contribution in [3.8, 4) is 0 Å². The van der Waals surface area contributed by atoms with E-state index in [1.165, 1.54) is 12.1 Å². The van der Waals surface area contributed by atoms with E-state index < -0.39 is 34.0 Å². The summed E-state index contributed by atoms with van der Waals surface area (Å²) in [6, 6.07) is 7.50. The first-order valence-electron chi connectivity index (χ1n) is 10.3. The third-order valence-corrected chi connectivity index (χ3v) is 6.99. The lowest BCUT2D eigenvalue weighted by Crippen LogP contribution is -2.52. The second-order valence-corrected chi connectivity index (χ2v) is 9.06. The van der Waals surface area contributed by atoms with Crippen molar-refractivity contribution >= 4 is 22.0 Å². The fourth-order valence-electron chi connectivity index (χ4n) is 3.63. The van der Waals surface area contributed by atoms with Crippen LogP contribution in [0.25, 0.3) is 0 Å². The summed E-state index contributed by atoms with van der Waals surface area (Å²) in [7, 11) is -4.21. The van der Waals surface area contributed by atoms with Crippen LogP contribution in [0.1, 0.15) is 37.4 Å². The molecule has 9 heteroatoms. The number of rotatable bonds is 7. The number of nitrogens with zero attached hydrogens (tertiary/aromatic N) is 2. The van der Waals surface area contributed by atoms with Crippen LogP contribution in [0.2, 0.25) is 0 Å². The Bertz CT molecular complexity index is 1100. The fraction of sp³-hybridized carbons (Fsp3) is 0.348. The van der Waals surface area contributed by atoms with Gasteiger partial charge >= 0.3 is 11.9 Å². The van der Waals surface area contributed by atoms with E-state index in [0.717, 1.165) is 9.87 Å². The largest absolute Gasteiger partial charge is 0.465 e. The molecule has 0 spiro atoms. The van der Waals surface area contributed by atoms with Crippen molar-refractivity contribution in [1.29, 1.82) is 0 Å². The van der Waals surface area contributed by atoms with Gasteiger partial charge in [-0.25, -0.2) is 18.0 Å². The quantitative estimate of drug-likeness (QED) is 0.588. The lowest BCUT2D eigenvalue weighted by molar-refractivity contribution is -0.150. The molecule has 8 nitrogen and oxygen atoms in total. The number of sulfonamides is 1. The lowest BCUT2D eigenvalue weighted by atomic mass is 9.94. The average molecular weight is 459 g/mol. The highest BCUT2D eigenvalue weighted by Gasteiger charge is 2.48. The minimum Gasteiger partial charge on any atom is -0.465 e. The van der Waals surface area contributed by atoms with Crippen LogP contribution in [0.15, 0.2) is 65.3 Å². The molecule has 0 aliphatic carbocycles. The van der Waals surface area contributed by atoms with Crippen molar-refractivity contribution < 1.29 is 27.5 Å². The van der Waals surface area contributed by atoms with Gasteiger partial charge in [0.05, 0.1) is 29.7 Å². The Hall–Kier alpha value is -3.04. The molecule has 32 heavy (non-hydrogen) atoms. The van der Waals surface area contributed by atoms with Gasteiger partial charge in [0.25, 0.3) is 0 Å². The Labute approximate surface area is 187 Å². The second-order valence-electron chi connectivity index (χ2n) is 7.22. The van der Waals surface area contributed by atoms with Gasteiger partial charge in [0.1, 0.15) is 0 Å². The summed E-state index contributed by atoms with van der Waals surface area (Å²) >= 11 is 0. The molecule has 2 atom stereocenters. The number of carbonyl (C=O) groups is 2. The topological polar surface area (TPSA) is 103 Å². The zero-order chi connectivity index (χ0) is 23.3. The molecule has 1 aromatic carbocycles. The van der Waals surface area contributed by atoms with Crippen LogP contribution >= 0.6 is 0 Å². The highest BCUT2D eigenvalue weighted by atomic mass is 32.2. The first-order valence-corrected chi connectivity index (χ1v) is 11.8. The first-order chi connectivity index (χ1) is 15.3. The minimum atomic E-state index is -4.21. The molecule has 170 valence electrons. The number of carbonyl (C=O) groups excluding carboxylic acids is 2. The van der Waals surface area contributed by atoms with Crippen LogP contribution in [-0.4, -0.2) is 48.9 Å². The van der Waals surface area contributed by atoms with Gasteiger partial charge in [-0.05, 0) is 51.0 Å². The zero-order valence-corrected chi connectivity index (χ0v) is 19.0. The molecule has 2 heterocycles. The van der Waals surface area contributed by atoms with E-state index in [4.69, 9.17) is 9.47 Å². The van der Waals surface area contributed by atoms with Gasteiger partial charge < -0.3 is 9.47 Å². The maximum Gasteiger partial charge on any atom is 0.335 e.